The zero-order valence-corrected chi connectivity index (χ0v) is 12.9. The molecule has 22 heavy (non-hydrogen) atoms. The summed E-state index contributed by atoms with van der Waals surface area (Å²) >= 11 is 0. The molecule has 3 aromatic rings. The Kier molecular flexibility index (Phi) is 3.25. The molecule has 1 aliphatic rings. The van der Waals surface area contributed by atoms with Crippen LogP contribution in [0.15, 0.2) is 48.5 Å². The average molecular weight is 293 g/mol. The van der Waals surface area contributed by atoms with Crippen LogP contribution in [0.5, 0.6) is 0 Å². The standard InChI is InChI=1S/C19H19NO2/c1-13-6-5-8-16(19-21-10-11-22-19)18(13)20-14(2)12-15-7-3-4-9-17(15)20/h3-9,12,19H,10-11H2,1-2H3. The Bertz CT molecular complexity index is 829. The van der Waals surface area contributed by atoms with Gasteiger partial charge in [0.25, 0.3) is 0 Å². The summed E-state index contributed by atoms with van der Waals surface area (Å²) in [6, 6.07) is 17.0. The molecule has 0 bridgehead atoms. The van der Waals surface area contributed by atoms with Crippen LogP contribution in [0.2, 0.25) is 0 Å². The van der Waals surface area contributed by atoms with Gasteiger partial charge >= 0.3 is 0 Å². The molecule has 1 aliphatic heterocycles. The molecule has 0 spiro atoms. The predicted octanol–water partition coefficient (Wildman–Crippen LogP) is 4.29. The number of aryl methyl sites for hydroxylation is 2. The molecule has 2 aromatic carbocycles. The van der Waals surface area contributed by atoms with Crippen molar-refractivity contribution in [1.29, 1.82) is 0 Å². The van der Waals surface area contributed by atoms with E-state index >= 15 is 0 Å². The summed E-state index contributed by atoms with van der Waals surface area (Å²) in [6.07, 6.45) is -0.268. The molecule has 0 aliphatic carbocycles. The highest BCUT2D eigenvalue weighted by atomic mass is 16.7. The third kappa shape index (κ3) is 2.05. The first-order chi connectivity index (χ1) is 10.8. The maximum Gasteiger partial charge on any atom is 0.186 e. The number of hydrogen-bond acceptors (Lipinski definition) is 2. The highest BCUT2D eigenvalue weighted by Gasteiger charge is 2.24. The van der Waals surface area contributed by atoms with Gasteiger partial charge in [-0.05, 0) is 31.5 Å². The van der Waals surface area contributed by atoms with Crippen molar-refractivity contribution in [2.24, 2.45) is 0 Å². The van der Waals surface area contributed by atoms with Gasteiger partial charge in [-0.2, -0.15) is 0 Å². The van der Waals surface area contributed by atoms with Gasteiger partial charge in [0.05, 0.1) is 24.4 Å². The molecule has 0 atom stereocenters. The third-order valence-electron chi connectivity index (χ3n) is 4.26. The third-order valence-corrected chi connectivity index (χ3v) is 4.26. The van der Waals surface area contributed by atoms with Gasteiger partial charge in [0.1, 0.15) is 0 Å². The van der Waals surface area contributed by atoms with E-state index in [0.29, 0.717) is 13.2 Å². The number of ether oxygens (including phenoxy) is 2. The predicted molar refractivity (Wildman–Crippen MR) is 87.4 cm³/mol. The lowest BCUT2D eigenvalue weighted by Crippen LogP contribution is -2.08. The lowest BCUT2D eigenvalue weighted by molar-refractivity contribution is -0.0441. The maximum absolute atomic E-state index is 5.75. The Morgan fingerprint density at radius 3 is 2.55 bits per heavy atom. The van der Waals surface area contributed by atoms with E-state index in [2.05, 4.69) is 66.9 Å². The van der Waals surface area contributed by atoms with Crippen LogP contribution in [0, 0.1) is 13.8 Å². The molecule has 2 heterocycles. The second-order valence-electron chi connectivity index (χ2n) is 5.77. The van der Waals surface area contributed by atoms with Gasteiger partial charge in [-0.25, -0.2) is 0 Å². The maximum atomic E-state index is 5.75. The molecule has 0 unspecified atom stereocenters. The van der Waals surface area contributed by atoms with Crippen molar-refractivity contribution in [1.82, 2.24) is 4.57 Å². The van der Waals surface area contributed by atoms with Crippen molar-refractivity contribution in [3.63, 3.8) is 0 Å². The van der Waals surface area contributed by atoms with Crippen LogP contribution in [0.1, 0.15) is 23.1 Å². The van der Waals surface area contributed by atoms with Crippen molar-refractivity contribution < 1.29 is 9.47 Å². The van der Waals surface area contributed by atoms with Gasteiger partial charge in [0, 0.05) is 16.6 Å². The molecular formula is C19H19NO2. The lowest BCUT2D eigenvalue weighted by Gasteiger charge is -2.20. The number of para-hydroxylation sites is 2. The zero-order valence-electron chi connectivity index (χ0n) is 12.9. The average Bonchev–Trinajstić information content (AvgIpc) is 3.14. The summed E-state index contributed by atoms with van der Waals surface area (Å²) in [7, 11) is 0. The largest absolute Gasteiger partial charge is 0.346 e. The highest BCUT2D eigenvalue weighted by Crippen LogP contribution is 2.34. The minimum atomic E-state index is -0.268. The second kappa shape index (κ2) is 5.27. The molecule has 1 aromatic heterocycles. The van der Waals surface area contributed by atoms with Crippen LogP contribution in [-0.2, 0) is 9.47 Å². The normalized spacial score (nSPS) is 15.7. The van der Waals surface area contributed by atoms with E-state index in [4.69, 9.17) is 9.47 Å². The van der Waals surface area contributed by atoms with Crippen LogP contribution in [0.3, 0.4) is 0 Å². The first kappa shape index (κ1) is 13.6. The molecular weight excluding hydrogens is 274 g/mol. The van der Waals surface area contributed by atoms with Gasteiger partial charge in [-0.1, -0.05) is 36.4 Å². The molecule has 1 fully saturated rings. The highest BCUT2D eigenvalue weighted by molar-refractivity contribution is 5.83. The van der Waals surface area contributed by atoms with E-state index < -0.39 is 0 Å². The van der Waals surface area contributed by atoms with E-state index in [0.717, 1.165) is 5.56 Å². The molecule has 1 saturated heterocycles. The van der Waals surface area contributed by atoms with Gasteiger partial charge in [-0.15, -0.1) is 0 Å². The molecule has 0 amide bonds. The Labute approximate surface area is 130 Å². The van der Waals surface area contributed by atoms with E-state index in [-0.39, 0.29) is 6.29 Å². The molecule has 0 N–H and O–H groups in total. The second-order valence-corrected chi connectivity index (χ2v) is 5.77. The quantitative estimate of drug-likeness (QED) is 0.703. The topological polar surface area (TPSA) is 23.4 Å². The number of nitrogens with zero attached hydrogens (tertiary/aromatic N) is 1. The lowest BCUT2D eigenvalue weighted by atomic mass is 10.1. The van der Waals surface area contributed by atoms with Gasteiger partial charge in [0.2, 0.25) is 0 Å². The fourth-order valence-electron chi connectivity index (χ4n) is 3.30. The molecule has 4 rings (SSSR count). The number of fused-ring (bicyclic) bond motifs is 1. The first-order valence-corrected chi connectivity index (χ1v) is 7.66. The minimum absolute atomic E-state index is 0.268. The minimum Gasteiger partial charge on any atom is -0.346 e. The number of aromatic nitrogens is 1. The van der Waals surface area contributed by atoms with Crippen LogP contribution in [0.4, 0.5) is 0 Å². The fourth-order valence-corrected chi connectivity index (χ4v) is 3.30. The van der Waals surface area contributed by atoms with Crippen LogP contribution in [0.25, 0.3) is 16.6 Å². The van der Waals surface area contributed by atoms with E-state index in [9.17, 15) is 0 Å². The first-order valence-electron chi connectivity index (χ1n) is 7.66. The Balaban J connectivity index is 2.00. The Morgan fingerprint density at radius 2 is 1.73 bits per heavy atom. The summed E-state index contributed by atoms with van der Waals surface area (Å²) in [6.45, 7) is 5.60. The van der Waals surface area contributed by atoms with Crippen molar-refractivity contribution in [3.05, 3.63) is 65.4 Å². The summed E-state index contributed by atoms with van der Waals surface area (Å²) in [5.41, 5.74) is 5.93. The van der Waals surface area contributed by atoms with Crippen molar-refractivity contribution in [2.45, 2.75) is 20.1 Å². The number of rotatable bonds is 2. The number of benzene rings is 2. The molecule has 112 valence electrons. The molecule has 0 radical (unpaired) electrons. The molecule has 3 heteroatoms. The van der Waals surface area contributed by atoms with Gasteiger partial charge < -0.3 is 14.0 Å². The van der Waals surface area contributed by atoms with E-state index in [1.165, 1.54) is 27.8 Å². The van der Waals surface area contributed by atoms with Gasteiger partial charge in [0.15, 0.2) is 6.29 Å². The van der Waals surface area contributed by atoms with Crippen LogP contribution in [-0.4, -0.2) is 17.8 Å². The van der Waals surface area contributed by atoms with Gasteiger partial charge in [-0.3, -0.25) is 0 Å². The SMILES string of the molecule is Cc1cccc(C2OCCO2)c1-n1c(C)cc2ccccc21. The van der Waals surface area contributed by atoms with E-state index in [1.54, 1.807) is 0 Å². The molecule has 0 saturated carbocycles. The van der Waals surface area contributed by atoms with Crippen molar-refractivity contribution in [3.8, 4) is 5.69 Å². The van der Waals surface area contributed by atoms with E-state index in [1.807, 2.05) is 0 Å². The van der Waals surface area contributed by atoms with Crippen molar-refractivity contribution in [2.75, 3.05) is 13.2 Å². The monoisotopic (exact) mass is 293 g/mol. The van der Waals surface area contributed by atoms with Crippen LogP contribution >= 0.6 is 0 Å². The van der Waals surface area contributed by atoms with Crippen molar-refractivity contribution >= 4 is 10.9 Å². The smallest absolute Gasteiger partial charge is 0.186 e. The summed E-state index contributed by atoms with van der Waals surface area (Å²) in [5, 5.41) is 1.25. The summed E-state index contributed by atoms with van der Waals surface area (Å²) in [5.74, 6) is 0. The number of hydrogen-bond donors (Lipinski definition) is 0. The zero-order chi connectivity index (χ0) is 15.1. The van der Waals surface area contributed by atoms with Crippen LogP contribution < -0.4 is 0 Å². The summed E-state index contributed by atoms with van der Waals surface area (Å²) < 4.78 is 13.8. The summed E-state index contributed by atoms with van der Waals surface area (Å²) in [4.78, 5) is 0. The Hall–Kier alpha value is -2.10. The molecule has 3 nitrogen and oxygen atoms in total. The Morgan fingerprint density at radius 1 is 0.955 bits per heavy atom. The fraction of sp³-hybridized carbons (Fsp3) is 0.263.